The number of amides is 2. The van der Waals surface area contributed by atoms with Crippen LogP contribution in [0.1, 0.15) is 34.5 Å². The highest BCUT2D eigenvalue weighted by Gasteiger charge is 2.32. The molecular weight excluding hydrogens is 609 g/mol. The molecule has 2 atom stereocenters. The van der Waals surface area contributed by atoms with Crippen LogP contribution in [0.3, 0.4) is 0 Å². The minimum Gasteiger partial charge on any atom is -0.467 e. The van der Waals surface area contributed by atoms with E-state index in [1.807, 2.05) is 42.5 Å². The molecule has 1 aliphatic heterocycles. The lowest BCUT2D eigenvalue weighted by Gasteiger charge is -2.40. The molecule has 47 heavy (non-hydrogen) atoms. The molecule has 1 fully saturated rings. The Labute approximate surface area is 271 Å². The quantitative estimate of drug-likeness (QED) is 0.212. The zero-order valence-electron chi connectivity index (χ0n) is 26.0. The van der Waals surface area contributed by atoms with Crippen LogP contribution in [0.25, 0.3) is 11.1 Å². The van der Waals surface area contributed by atoms with Gasteiger partial charge in [-0.25, -0.2) is 4.79 Å². The Kier molecular flexibility index (Phi) is 10.3. The van der Waals surface area contributed by atoms with E-state index >= 15 is 0 Å². The molecule has 0 aliphatic carbocycles. The van der Waals surface area contributed by atoms with Crippen LogP contribution >= 0.6 is 0 Å². The maximum absolute atomic E-state index is 13.4. The summed E-state index contributed by atoms with van der Waals surface area (Å²) in [5.74, 6) is -1.17. The second-order valence-electron chi connectivity index (χ2n) is 11.2. The average Bonchev–Trinajstić information content (AvgIpc) is 3.09. The van der Waals surface area contributed by atoms with Gasteiger partial charge in [0.2, 0.25) is 5.91 Å². The standard InChI is InChI=1S/C36H35F3N4O4/c1-24(35(46)47-2)40-34(45)32(26-8-4-3-5-9-26)43-22-20-42(21-23-43)29-18-16-28(17-19-29)41-33(44)31-11-7-6-10-30(31)25-12-14-27(15-13-25)36(37,38)39/h3-19,24,32H,20-23H2,1-2H3,(H,40,45)(H,41,44). The molecule has 4 aromatic rings. The summed E-state index contributed by atoms with van der Waals surface area (Å²) in [6, 6.07) is 27.0. The van der Waals surface area contributed by atoms with Gasteiger partial charge in [0.1, 0.15) is 12.1 Å². The third-order valence-electron chi connectivity index (χ3n) is 8.14. The summed E-state index contributed by atoms with van der Waals surface area (Å²) in [5, 5.41) is 5.67. The van der Waals surface area contributed by atoms with Crippen LogP contribution in [0.4, 0.5) is 24.5 Å². The van der Waals surface area contributed by atoms with Crippen LogP contribution in [-0.2, 0) is 20.5 Å². The van der Waals surface area contributed by atoms with Crippen LogP contribution in [0.2, 0.25) is 0 Å². The molecule has 4 aromatic carbocycles. The summed E-state index contributed by atoms with van der Waals surface area (Å²) in [6.07, 6.45) is -4.44. The Morgan fingerprint density at radius 1 is 0.787 bits per heavy atom. The van der Waals surface area contributed by atoms with E-state index in [9.17, 15) is 27.6 Å². The van der Waals surface area contributed by atoms with Crippen LogP contribution in [-0.4, -0.2) is 62.0 Å². The van der Waals surface area contributed by atoms with Gasteiger partial charge < -0.3 is 20.3 Å². The van der Waals surface area contributed by atoms with Crippen molar-refractivity contribution in [2.45, 2.75) is 25.2 Å². The number of halogens is 3. The highest BCUT2D eigenvalue weighted by atomic mass is 19.4. The first-order valence-corrected chi connectivity index (χ1v) is 15.2. The highest BCUT2D eigenvalue weighted by molar-refractivity contribution is 6.08. The number of nitrogens with one attached hydrogen (secondary N) is 2. The summed E-state index contributed by atoms with van der Waals surface area (Å²) in [6.45, 7) is 4.08. The number of hydrogen-bond acceptors (Lipinski definition) is 6. The van der Waals surface area contributed by atoms with Gasteiger partial charge in [-0.05, 0) is 66.1 Å². The molecule has 1 heterocycles. The first-order chi connectivity index (χ1) is 22.5. The number of benzene rings is 4. The molecule has 2 amide bonds. The Morgan fingerprint density at radius 2 is 1.40 bits per heavy atom. The SMILES string of the molecule is COC(=O)C(C)NC(=O)C(c1ccccc1)N1CCN(c2ccc(NC(=O)c3ccccc3-c3ccc(C(F)(F)F)cc3)cc2)CC1. The summed E-state index contributed by atoms with van der Waals surface area (Å²) in [5.41, 5.74) is 2.96. The molecule has 5 rings (SSSR count). The van der Waals surface area contributed by atoms with E-state index in [4.69, 9.17) is 4.74 Å². The van der Waals surface area contributed by atoms with Crippen LogP contribution in [0.5, 0.6) is 0 Å². The van der Waals surface area contributed by atoms with Crippen molar-refractivity contribution in [3.05, 3.63) is 120 Å². The summed E-state index contributed by atoms with van der Waals surface area (Å²) >= 11 is 0. The van der Waals surface area contributed by atoms with Crippen molar-refractivity contribution < 1.29 is 32.3 Å². The highest BCUT2D eigenvalue weighted by Crippen LogP contribution is 2.32. The normalized spacial score (nSPS) is 15.0. The molecule has 11 heteroatoms. The number of hydrogen-bond donors (Lipinski definition) is 2. The molecular formula is C36H35F3N4O4. The second kappa shape index (κ2) is 14.5. The van der Waals surface area contributed by atoms with Gasteiger partial charge in [-0.2, -0.15) is 13.2 Å². The predicted octanol–water partition coefficient (Wildman–Crippen LogP) is 6.17. The molecule has 0 radical (unpaired) electrons. The second-order valence-corrected chi connectivity index (χ2v) is 11.2. The Bertz CT molecular complexity index is 1690. The predicted molar refractivity (Wildman–Crippen MR) is 174 cm³/mol. The van der Waals surface area contributed by atoms with Gasteiger partial charge in [0.15, 0.2) is 0 Å². The van der Waals surface area contributed by atoms with Crippen molar-refractivity contribution in [3.63, 3.8) is 0 Å². The summed E-state index contributed by atoms with van der Waals surface area (Å²) in [4.78, 5) is 42.8. The number of methoxy groups -OCH3 is 1. The van der Waals surface area contributed by atoms with Gasteiger partial charge in [0.25, 0.3) is 5.91 Å². The number of piperazine rings is 1. The zero-order chi connectivity index (χ0) is 33.6. The van der Waals surface area contributed by atoms with E-state index < -0.39 is 29.8 Å². The number of anilines is 2. The van der Waals surface area contributed by atoms with Gasteiger partial charge in [-0.3, -0.25) is 14.5 Å². The van der Waals surface area contributed by atoms with Gasteiger partial charge in [0, 0.05) is 43.1 Å². The molecule has 1 aliphatic rings. The molecule has 0 saturated carbocycles. The minimum atomic E-state index is -4.44. The fourth-order valence-electron chi connectivity index (χ4n) is 5.66. The minimum absolute atomic E-state index is 0.275. The fraction of sp³-hybridized carbons (Fsp3) is 0.250. The van der Waals surface area contributed by atoms with Gasteiger partial charge in [0.05, 0.1) is 12.7 Å². The summed E-state index contributed by atoms with van der Waals surface area (Å²) in [7, 11) is 1.28. The number of ether oxygens (including phenoxy) is 1. The number of nitrogens with zero attached hydrogens (tertiary/aromatic N) is 2. The van der Waals surface area contributed by atoms with Gasteiger partial charge in [-0.1, -0.05) is 60.7 Å². The van der Waals surface area contributed by atoms with Gasteiger partial charge in [-0.15, -0.1) is 0 Å². The smallest absolute Gasteiger partial charge is 0.416 e. The lowest BCUT2D eigenvalue weighted by atomic mass is 9.98. The van der Waals surface area contributed by atoms with Crippen molar-refractivity contribution in [3.8, 4) is 11.1 Å². The van der Waals surface area contributed by atoms with Gasteiger partial charge >= 0.3 is 12.1 Å². The molecule has 2 N–H and O–H groups in total. The maximum atomic E-state index is 13.4. The number of esters is 1. The van der Waals surface area contributed by atoms with E-state index in [1.165, 1.54) is 19.2 Å². The van der Waals surface area contributed by atoms with Crippen LogP contribution in [0, 0.1) is 0 Å². The average molecular weight is 645 g/mol. The Hall–Kier alpha value is -5.16. The summed E-state index contributed by atoms with van der Waals surface area (Å²) < 4.78 is 43.9. The lowest BCUT2D eigenvalue weighted by Crippen LogP contribution is -2.52. The molecule has 0 spiro atoms. The first-order valence-electron chi connectivity index (χ1n) is 15.2. The molecule has 0 bridgehead atoms. The topological polar surface area (TPSA) is 91.0 Å². The third-order valence-corrected chi connectivity index (χ3v) is 8.14. The maximum Gasteiger partial charge on any atom is 0.416 e. The number of rotatable bonds is 9. The Balaban J connectivity index is 1.23. The van der Waals surface area contributed by atoms with Crippen LogP contribution in [0.15, 0.2) is 103 Å². The van der Waals surface area contributed by atoms with E-state index in [-0.39, 0.29) is 11.8 Å². The fourth-order valence-corrected chi connectivity index (χ4v) is 5.66. The van der Waals surface area contributed by atoms with E-state index in [1.54, 1.807) is 43.3 Å². The largest absolute Gasteiger partial charge is 0.467 e. The molecule has 0 aromatic heterocycles. The van der Waals surface area contributed by atoms with E-state index in [0.717, 1.165) is 23.4 Å². The molecule has 244 valence electrons. The van der Waals surface area contributed by atoms with E-state index in [0.29, 0.717) is 48.6 Å². The van der Waals surface area contributed by atoms with Crippen molar-refractivity contribution in [1.29, 1.82) is 0 Å². The molecule has 1 saturated heterocycles. The third kappa shape index (κ3) is 7.98. The number of alkyl halides is 3. The lowest BCUT2D eigenvalue weighted by molar-refractivity contribution is -0.145. The zero-order valence-corrected chi connectivity index (χ0v) is 26.0. The molecule has 2 unspecified atom stereocenters. The number of carbonyl (C=O) groups excluding carboxylic acids is 3. The first kappa shape index (κ1) is 33.2. The van der Waals surface area contributed by atoms with Crippen molar-refractivity contribution >= 4 is 29.2 Å². The van der Waals surface area contributed by atoms with Crippen molar-refractivity contribution in [2.24, 2.45) is 0 Å². The van der Waals surface area contributed by atoms with E-state index in [2.05, 4.69) is 20.4 Å². The van der Waals surface area contributed by atoms with Crippen molar-refractivity contribution in [2.75, 3.05) is 43.5 Å². The van der Waals surface area contributed by atoms with Crippen LogP contribution < -0.4 is 15.5 Å². The number of carbonyl (C=O) groups is 3. The Morgan fingerprint density at radius 3 is 2.02 bits per heavy atom. The molecule has 8 nitrogen and oxygen atoms in total. The monoisotopic (exact) mass is 644 g/mol. The van der Waals surface area contributed by atoms with Crippen molar-refractivity contribution in [1.82, 2.24) is 10.2 Å².